The van der Waals surface area contributed by atoms with Crippen LogP contribution in [0.1, 0.15) is 16.7 Å². The second-order valence-electron chi connectivity index (χ2n) is 7.10. The summed E-state index contributed by atoms with van der Waals surface area (Å²) in [5, 5.41) is 0.855. The Hall–Kier alpha value is -3.38. The van der Waals surface area contributed by atoms with Gasteiger partial charge in [-0.05, 0) is 56.3 Å². The third-order valence-electron chi connectivity index (χ3n) is 4.64. The SMILES string of the molecule is Cc1ccc(S(=O)(=O)/N=c2/oc3ccc(C)cc3cc2COc2ccccc2)cc1. The van der Waals surface area contributed by atoms with Crippen LogP contribution in [0.3, 0.4) is 0 Å². The molecule has 0 saturated heterocycles. The van der Waals surface area contributed by atoms with Gasteiger partial charge in [0, 0.05) is 5.39 Å². The summed E-state index contributed by atoms with van der Waals surface area (Å²) in [6.45, 7) is 4.01. The van der Waals surface area contributed by atoms with Gasteiger partial charge < -0.3 is 9.15 Å². The third-order valence-corrected chi connectivity index (χ3v) is 5.91. The summed E-state index contributed by atoms with van der Waals surface area (Å²) in [5.74, 6) is 0.675. The van der Waals surface area contributed by atoms with Crippen molar-refractivity contribution in [3.63, 3.8) is 0 Å². The Balaban J connectivity index is 1.82. The van der Waals surface area contributed by atoms with Crippen molar-refractivity contribution in [2.45, 2.75) is 25.3 Å². The normalized spacial score (nSPS) is 12.3. The largest absolute Gasteiger partial charge is 0.489 e. The van der Waals surface area contributed by atoms with Crippen molar-refractivity contribution >= 4 is 21.0 Å². The molecule has 5 nitrogen and oxygen atoms in total. The van der Waals surface area contributed by atoms with E-state index in [9.17, 15) is 8.42 Å². The minimum atomic E-state index is -3.94. The van der Waals surface area contributed by atoms with E-state index in [0.717, 1.165) is 16.5 Å². The maximum absolute atomic E-state index is 12.9. The molecule has 0 atom stereocenters. The topological polar surface area (TPSA) is 68.9 Å². The van der Waals surface area contributed by atoms with Crippen LogP contribution in [-0.2, 0) is 16.6 Å². The predicted molar refractivity (Wildman–Crippen MR) is 116 cm³/mol. The van der Waals surface area contributed by atoms with E-state index in [1.165, 1.54) is 0 Å². The summed E-state index contributed by atoms with van der Waals surface area (Å²) < 4.78 is 41.4. The molecule has 0 amide bonds. The maximum atomic E-state index is 12.9. The van der Waals surface area contributed by atoms with Gasteiger partial charge in [0.05, 0.1) is 10.5 Å². The fraction of sp³-hybridized carbons (Fsp3) is 0.125. The smallest absolute Gasteiger partial charge is 0.285 e. The number of para-hydroxylation sites is 1. The number of fused-ring (bicyclic) bond motifs is 1. The van der Waals surface area contributed by atoms with Gasteiger partial charge in [-0.3, -0.25) is 0 Å². The lowest BCUT2D eigenvalue weighted by molar-refractivity contribution is 0.299. The first-order chi connectivity index (χ1) is 14.4. The first-order valence-electron chi connectivity index (χ1n) is 9.50. The van der Waals surface area contributed by atoms with E-state index in [2.05, 4.69) is 4.40 Å². The molecule has 1 aromatic heterocycles. The summed E-state index contributed by atoms with van der Waals surface area (Å²) >= 11 is 0. The first kappa shape index (κ1) is 19.9. The quantitative estimate of drug-likeness (QED) is 0.460. The highest BCUT2D eigenvalue weighted by molar-refractivity contribution is 7.90. The van der Waals surface area contributed by atoms with Crippen molar-refractivity contribution in [1.29, 1.82) is 0 Å². The van der Waals surface area contributed by atoms with E-state index in [1.807, 2.05) is 68.4 Å². The summed E-state index contributed by atoms with van der Waals surface area (Å²) in [5.41, 5.74) is 3.17. The molecule has 0 bridgehead atoms. The molecule has 1 heterocycles. The van der Waals surface area contributed by atoms with E-state index in [0.29, 0.717) is 16.9 Å². The summed E-state index contributed by atoms with van der Waals surface area (Å²) in [6.07, 6.45) is 0. The molecule has 0 aliphatic rings. The Labute approximate surface area is 175 Å². The lowest BCUT2D eigenvalue weighted by atomic mass is 10.1. The molecule has 0 fully saturated rings. The van der Waals surface area contributed by atoms with E-state index in [4.69, 9.17) is 9.15 Å². The van der Waals surface area contributed by atoms with Crippen molar-refractivity contribution < 1.29 is 17.6 Å². The minimum Gasteiger partial charge on any atom is -0.489 e. The van der Waals surface area contributed by atoms with Gasteiger partial charge in [0.2, 0.25) is 5.55 Å². The van der Waals surface area contributed by atoms with Crippen molar-refractivity contribution in [3.05, 3.63) is 101 Å². The van der Waals surface area contributed by atoms with Crippen LogP contribution in [0.5, 0.6) is 5.75 Å². The van der Waals surface area contributed by atoms with Gasteiger partial charge in [0.25, 0.3) is 10.0 Å². The number of nitrogens with zero attached hydrogens (tertiary/aromatic N) is 1. The molecular weight excluding hydrogens is 398 g/mol. The monoisotopic (exact) mass is 419 g/mol. The Morgan fingerprint density at radius 2 is 1.57 bits per heavy atom. The number of hydrogen-bond donors (Lipinski definition) is 0. The fourth-order valence-electron chi connectivity index (χ4n) is 3.02. The summed E-state index contributed by atoms with van der Waals surface area (Å²) in [6, 6.07) is 23.4. The van der Waals surface area contributed by atoms with Crippen LogP contribution >= 0.6 is 0 Å². The minimum absolute atomic E-state index is 0.0165. The molecule has 4 aromatic rings. The fourth-order valence-corrected chi connectivity index (χ4v) is 3.98. The van der Waals surface area contributed by atoms with E-state index < -0.39 is 10.0 Å². The zero-order valence-electron chi connectivity index (χ0n) is 16.7. The van der Waals surface area contributed by atoms with Crippen LogP contribution in [-0.4, -0.2) is 8.42 Å². The first-order valence-corrected chi connectivity index (χ1v) is 10.9. The molecule has 6 heteroatoms. The van der Waals surface area contributed by atoms with Gasteiger partial charge in [-0.15, -0.1) is 4.40 Å². The van der Waals surface area contributed by atoms with Gasteiger partial charge in [0.1, 0.15) is 17.9 Å². The second kappa shape index (κ2) is 8.16. The molecule has 0 N–H and O–H groups in total. The lowest BCUT2D eigenvalue weighted by Crippen LogP contribution is -2.15. The molecule has 0 aliphatic carbocycles. The Kier molecular flexibility index (Phi) is 5.42. The standard InChI is InChI=1S/C24H21NO4S/c1-17-8-11-22(12-9-17)30(26,27)25-24-20(16-28-21-6-4-3-5-7-21)15-19-14-18(2)10-13-23(19)29-24/h3-15H,16H2,1-2H3/b25-24+. The van der Waals surface area contributed by atoms with Crippen molar-refractivity contribution in [2.75, 3.05) is 0 Å². The summed E-state index contributed by atoms with van der Waals surface area (Å²) in [4.78, 5) is 0.113. The van der Waals surface area contributed by atoms with Gasteiger partial charge in [-0.1, -0.05) is 47.5 Å². The number of rotatable bonds is 5. The number of sulfonamides is 1. The molecule has 152 valence electrons. The van der Waals surface area contributed by atoms with Crippen LogP contribution in [0.25, 0.3) is 11.0 Å². The second-order valence-corrected chi connectivity index (χ2v) is 8.70. The van der Waals surface area contributed by atoms with E-state index in [1.54, 1.807) is 24.3 Å². The van der Waals surface area contributed by atoms with E-state index >= 15 is 0 Å². The molecule has 0 spiro atoms. The number of aryl methyl sites for hydroxylation is 2. The van der Waals surface area contributed by atoms with Gasteiger partial charge in [-0.25, -0.2) is 0 Å². The molecule has 4 rings (SSSR count). The Morgan fingerprint density at radius 3 is 2.30 bits per heavy atom. The van der Waals surface area contributed by atoms with Gasteiger partial charge in [0.15, 0.2) is 0 Å². The Bertz CT molecular complexity index is 1360. The zero-order valence-corrected chi connectivity index (χ0v) is 17.5. The van der Waals surface area contributed by atoms with Crippen molar-refractivity contribution in [2.24, 2.45) is 4.40 Å². The van der Waals surface area contributed by atoms with Crippen molar-refractivity contribution in [1.82, 2.24) is 0 Å². The van der Waals surface area contributed by atoms with Crippen LogP contribution in [0.4, 0.5) is 0 Å². The zero-order chi connectivity index (χ0) is 21.1. The molecular formula is C24H21NO4S. The average Bonchev–Trinajstić information content (AvgIpc) is 2.73. The molecule has 3 aromatic carbocycles. The lowest BCUT2D eigenvalue weighted by Gasteiger charge is -2.08. The van der Waals surface area contributed by atoms with Crippen LogP contribution in [0.15, 0.2) is 92.6 Å². The number of ether oxygens (including phenoxy) is 1. The van der Waals surface area contributed by atoms with Crippen molar-refractivity contribution in [3.8, 4) is 5.75 Å². The third kappa shape index (κ3) is 4.44. The van der Waals surface area contributed by atoms with Crippen LogP contribution in [0, 0.1) is 13.8 Å². The van der Waals surface area contributed by atoms with E-state index in [-0.39, 0.29) is 17.1 Å². The Morgan fingerprint density at radius 1 is 0.867 bits per heavy atom. The molecule has 30 heavy (non-hydrogen) atoms. The maximum Gasteiger partial charge on any atom is 0.285 e. The predicted octanol–water partition coefficient (Wildman–Crippen LogP) is 4.92. The van der Waals surface area contributed by atoms with Crippen LogP contribution in [0.2, 0.25) is 0 Å². The summed E-state index contributed by atoms with van der Waals surface area (Å²) in [7, 11) is -3.94. The highest BCUT2D eigenvalue weighted by Crippen LogP contribution is 2.18. The highest BCUT2D eigenvalue weighted by atomic mass is 32.2. The van der Waals surface area contributed by atoms with Gasteiger partial charge in [-0.2, -0.15) is 8.42 Å². The number of benzene rings is 3. The highest BCUT2D eigenvalue weighted by Gasteiger charge is 2.15. The van der Waals surface area contributed by atoms with Gasteiger partial charge >= 0.3 is 0 Å². The molecule has 0 unspecified atom stereocenters. The molecule has 0 radical (unpaired) electrons. The number of hydrogen-bond acceptors (Lipinski definition) is 4. The van der Waals surface area contributed by atoms with Crippen LogP contribution < -0.4 is 10.3 Å². The average molecular weight is 420 g/mol. The molecule has 0 saturated carbocycles. The molecule has 0 aliphatic heterocycles.